The Kier molecular flexibility index (Phi) is 4.80. The van der Waals surface area contributed by atoms with Crippen molar-refractivity contribution in [3.63, 3.8) is 0 Å². The largest absolute Gasteiger partial charge is 0.268 e. The average molecular weight is 349 g/mol. The van der Waals surface area contributed by atoms with E-state index in [-0.39, 0.29) is 10.5 Å². The van der Waals surface area contributed by atoms with Crippen LogP contribution in [-0.2, 0) is 10.0 Å². The molecule has 24 heavy (non-hydrogen) atoms. The van der Waals surface area contributed by atoms with Crippen molar-refractivity contribution in [2.45, 2.75) is 32.6 Å². The van der Waals surface area contributed by atoms with Gasteiger partial charge in [-0.1, -0.05) is 23.8 Å². The topological polar surface area (TPSA) is 54.5 Å². The lowest BCUT2D eigenvalue weighted by Gasteiger charge is -2.21. The van der Waals surface area contributed by atoms with Gasteiger partial charge in [-0.05, 0) is 56.5 Å². The maximum absolute atomic E-state index is 13.7. The summed E-state index contributed by atoms with van der Waals surface area (Å²) in [5, 5.41) is 0. The lowest BCUT2D eigenvalue weighted by atomic mass is 10.1. The summed E-state index contributed by atoms with van der Waals surface area (Å²) in [6.07, 6.45) is 0. The zero-order valence-corrected chi connectivity index (χ0v) is 15.2. The Balaban J connectivity index is 2.49. The molecule has 0 bridgehead atoms. The molecule has 0 aliphatic carbocycles. The quantitative estimate of drug-likeness (QED) is 0.852. The van der Waals surface area contributed by atoms with Crippen molar-refractivity contribution in [2.75, 3.05) is 7.05 Å². The predicted molar refractivity (Wildman–Crippen MR) is 91.1 cm³/mol. The summed E-state index contributed by atoms with van der Waals surface area (Å²) in [5.41, 5.74) is 2.47. The molecule has 128 valence electrons. The van der Waals surface area contributed by atoms with E-state index in [1.807, 2.05) is 6.92 Å². The summed E-state index contributed by atoms with van der Waals surface area (Å²) in [7, 11) is -2.84. The van der Waals surface area contributed by atoms with Gasteiger partial charge in [-0.25, -0.2) is 17.1 Å². The van der Waals surface area contributed by atoms with Crippen molar-refractivity contribution in [2.24, 2.45) is 0 Å². The third-order valence-corrected chi connectivity index (χ3v) is 5.97. The van der Waals surface area contributed by atoms with Crippen molar-refractivity contribution >= 4 is 15.9 Å². The van der Waals surface area contributed by atoms with Gasteiger partial charge in [0.15, 0.2) is 0 Å². The van der Waals surface area contributed by atoms with E-state index < -0.39 is 21.7 Å². The number of hydrogen-bond acceptors (Lipinski definition) is 3. The summed E-state index contributed by atoms with van der Waals surface area (Å²) >= 11 is 0. The van der Waals surface area contributed by atoms with Gasteiger partial charge in [0.05, 0.1) is 4.90 Å². The number of sulfonamides is 1. The number of aryl methyl sites for hydroxylation is 4. The maximum atomic E-state index is 13.7. The van der Waals surface area contributed by atoms with E-state index >= 15 is 0 Å². The zero-order chi connectivity index (χ0) is 18.2. The normalized spacial score (nSPS) is 11.4. The fourth-order valence-corrected chi connectivity index (χ4v) is 4.26. The minimum atomic E-state index is -4.03. The second-order valence-electron chi connectivity index (χ2n) is 5.97. The molecule has 0 aliphatic heterocycles. The molecule has 0 spiro atoms. The van der Waals surface area contributed by atoms with Gasteiger partial charge in [-0.15, -0.1) is 0 Å². The SMILES string of the molecule is Cc1cc(C)c(S(=O)(=O)N(C)C(=O)c2ccc(C)c(F)c2)c(C)c1. The second-order valence-corrected chi connectivity index (χ2v) is 7.88. The molecule has 4 nitrogen and oxygen atoms in total. The molecule has 0 radical (unpaired) electrons. The zero-order valence-electron chi connectivity index (χ0n) is 14.3. The first kappa shape index (κ1) is 18.1. The maximum Gasteiger partial charge on any atom is 0.267 e. The number of halogens is 1. The number of nitrogens with zero attached hydrogens (tertiary/aromatic N) is 1. The highest BCUT2D eigenvalue weighted by atomic mass is 32.2. The molecule has 2 rings (SSSR count). The standard InChI is InChI=1S/C18H20FNO3S/c1-11-8-13(3)17(14(4)9-11)24(22,23)20(5)18(21)15-7-6-12(2)16(19)10-15/h6-10H,1-5H3. The van der Waals surface area contributed by atoms with Crippen molar-refractivity contribution in [1.82, 2.24) is 4.31 Å². The van der Waals surface area contributed by atoms with E-state index in [0.29, 0.717) is 21.0 Å². The van der Waals surface area contributed by atoms with Crippen LogP contribution in [-0.4, -0.2) is 25.7 Å². The van der Waals surface area contributed by atoms with E-state index in [0.717, 1.165) is 11.6 Å². The first-order valence-corrected chi connectivity index (χ1v) is 8.87. The van der Waals surface area contributed by atoms with E-state index in [2.05, 4.69) is 0 Å². The molecular weight excluding hydrogens is 329 g/mol. The van der Waals surface area contributed by atoms with Crippen LogP contribution in [0.3, 0.4) is 0 Å². The molecule has 0 aromatic heterocycles. The van der Waals surface area contributed by atoms with Gasteiger partial charge in [-0.2, -0.15) is 0 Å². The first-order chi connectivity index (χ1) is 11.1. The molecule has 0 atom stereocenters. The number of amides is 1. The highest BCUT2D eigenvalue weighted by Crippen LogP contribution is 2.25. The molecule has 0 aliphatic rings. The van der Waals surface area contributed by atoms with Gasteiger partial charge in [0, 0.05) is 12.6 Å². The fraction of sp³-hybridized carbons (Fsp3) is 0.278. The van der Waals surface area contributed by atoms with Crippen LogP contribution in [0.2, 0.25) is 0 Å². The molecule has 0 heterocycles. The molecule has 6 heteroatoms. The molecule has 2 aromatic rings. The van der Waals surface area contributed by atoms with Crippen LogP contribution >= 0.6 is 0 Å². The Hall–Kier alpha value is -2.21. The molecule has 0 saturated carbocycles. The third kappa shape index (κ3) is 3.19. The molecule has 1 amide bonds. The minimum Gasteiger partial charge on any atom is -0.268 e. The van der Waals surface area contributed by atoms with Crippen LogP contribution in [0, 0.1) is 33.5 Å². The van der Waals surface area contributed by atoms with Crippen LogP contribution in [0.4, 0.5) is 4.39 Å². The van der Waals surface area contributed by atoms with Crippen molar-refractivity contribution < 1.29 is 17.6 Å². The van der Waals surface area contributed by atoms with Crippen molar-refractivity contribution in [3.8, 4) is 0 Å². The molecule has 0 N–H and O–H groups in total. The van der Waals surface area contributed by atoms with Gasteiger partial charge < -0.3 is 0 Å². The predicted octanol–water partition coefficient (Wildman–Crippen LogP) is 3.52. The third-order valence-electron chi connectivity index (χ3n) is 3.93. The summed E-state index contributed by atoms with van der Waals surface area (Å²) in [4.78, 5) is 12.6. The highest BCUT2D eigenvalue weighted by Gasteiger charge is 2.29. The van der Waals surface area contributed by atoms with Crippen LogP contribution in [0.5, 0.6) is 0 Å². The number of carbonyl (C=O) groups excluding carboxylic acids is 1. The van der Waals surface area contributed by atoms with Crippen LogP contribution in [0.15, 0.2) is 35.2 Å². The van der Waals surface area contributed by atoms with Crippen LogP contribution in [0.1, 0.15) is 32.6 Å². The fourth-order valence-electron chi connectivity index (χ4n) is 2.73. The molecule has 2 aromatic carbocycles. The van der Waals surface area contributed by atoms with E-state index in [9.17, 15) is 17.6 Å². The summed E-state index contributed by atoms with van der Waals surface area (Å²) in [6.45, 7) is 6.83. The number of carbonyl (C=O) groups is 1. The van der Waals surface area contributed by atoms with Crippen molar-refractivity contribution in [1.29, 1.82) is 0 Å². The van der Waals surface area contributed by atoms with E-state index in [1.54, 1.807) is 32.9 Å². The summed E-state index contributed by atoms with van der Waals surface area (Å²) in [6, 6.07) is 7.43. The summed E-state index contributed by atoms with van der Waals surface area (Å²) in [5.74, 6) is -1.32. The Labute approximate surface area is 142 Å². The smallest absolute Gasteiger partial charge is 0.267 e. The molecule has 0 unspecified atom stereocenters. The Morgan fingerprint density at radius 2 is 1.50 bits per heavy atom. The summed E-state index contributed by atoms with van der Waals surface area (Å²) < 4.78 is 40.1. The van der Waals surface area contributed by atoms with Gasteiger partial charge in [-0.3, -0.25) is 4.79 Å². The number of rotatable bonds is 3. The van der Waals surface area contributed by atoms with E-state index in [1.165, 1.54) is 19.2 Å². The average Bonchev–Trinajstić information content (AvgIpc) is 2.47. The Morgan fingerprint density at radius 1 is 0.958 bits per heavy atom. The Bertz CT molecular complexity index is 897. The monoisotopic (exact) mass is 349 g/mol. The van der Waals surface area contributed by atoms with Crippen molar-refractivity contribution in [3.05, 3.63) is 64.0 Å². The van der Waals surface area contributed by atoms with Gasteiger partial charge in [0.1, 0.15) is 5.82 Å². The second kappa shape index (κ2) is 6.36. The molecule has 0 saturated heterocycles. The number of hydrogen-bond donors (Lipinski definition) is 0. The number of benzene rings is 2. The van der Waals surface area contributed by atoms with E-state index in [4.69, 9.17) is 0 Å². The minimum absolute atomic E-state index is 0.00778. The van der Waals surface area contributed by atoms with Gasteiger partial charge >= 0.3 is 0 Å². The Morgan fingerprint density at radius 3 is 2.00 bits per heavy atom. The highest BCUT2D eigenvalue weighted by molar-refractivity contribution is 7.89. The molecule has 0 fully saturated rings. The first-order valence-electron chi connectivity index (χ1n) is 7.43. The van der Waals surface area contributed by atoms with Gasteiger partial charge in [0.25, 0.3) is 15.9 Å². The lowest BCUT2D eigenvalue weighted by Crippen LogP contribution is -2.34. The lowest BCUT2D eigenvalue weighted by molar-refractivity contribution is 0.0882. The van der Waals surface area contributed by atoms with Crippen LogP contribution < -0.4 is 0 Å². The molecular formula is C18H20FNO3S. The van der Waals surface area contributed by atoms with Gasteiger partial charge in [0.2, 0.25) is 0 Å². The van der Waals surface area contributed by atoms with Crippen LogP contribution in [0.25, 0.3) is 0 Å².